The maximum absolute atomic E-state index is 14.2. The highest BCUT2D eigenvalue weighted by Gasteiger charge is 2.44. The number of nitrogens with two attached hydrogens (primary N) is 3. The van der Waals surface area contributed by atoms with Crippen molar-refractivity contribution in [2.24, 2.45) is 35.0 Å². The minimum Gasteiger partial charge on any atom is -0.394 e. The number of aliphatic hydroxyl groups excluding tert-OH is 1. The molecule has 38 nitrogen and oxygen atoms in total. The summed E-state index contributed by atoms with van der Waals surface area (Å²) in [7, 11) is 0. The van der Waals surface area contributed by atoms with Gasteiger partial charge in [0.1, 0.15) is 82.1 Å². The number of amides is 18. The quantitative estimate of drug-likeness (QED) is 0.0315. The fourth-order valence-corrected chi connectivity index (χ4v) is 11.2. The number of aromatic amines is 1. The summed E-state index contributed by atoms with van der Waals surface area (Å²) in [5.74, 6) is -16.0. The average Bonchev–Trinajstić information content (AvgIpc) is 1.81. The lowest BCUT2D eigenvalue weighted by molar-refractivity contribution is -0.140. The van der Waals surface area contributed by atoms with E-state index in [2.05, 4.69) is 84.7 Å². The molecule has 0 aliphatic rings. The first-order chi connectivity index (χ1) is 51.9. The van der Waals surface area contributed by atoms with Crippen LogP contribution in [0.2, 0.25) is 0 Å². The van der Waals surface area contributed by atoms with Gasteiger partial charge < -0.3 is 107 Å². The van der Waals surface area contributed by atoms with Crippen molar-refractivity contribution in [1.29, 1.82) is 0 Å². The first-order valence-electron chi connectivity index (χ1n) is 37.6. The SMILES string of the molecule is CC(=O)N[C@@H](Cc1c[nH]c2ccccc12)C(=O)N[C@H](C)C(=O)NC(C)(C)C(=O)NC(C)(C)C(=O)N[C@H](CC(C)C)C(=O)NC(C)(C)C(=O)N[C@H](CCC(N)=O)C(=O)NC(C)(C)C(=O)NC(C)(C)C(=O)N[C@H](C)C(=O)N[C@H](CCC(N)=O)C(=O)N[C@@H](CC(C)C)C(=O)N[C@H](C)C(=O)N[C@@H](CCC(N)=O)C(=O)N[C@H](CO)CC(C)C. The fraction of sp³-hybridized carbons (Fsp3) is 0.653. The number of hydrogen-bond acceptors (Lipinski definition) is 19. The number of H-pyrrole nitrogens is 1. The lowest BCUT2D eigenvalue weighted by atomic mass is 9.96. The molecule has 0 spiro atoms. The van der Waals surface area contributed by atoms with Crippen LogP contribution < -0.4 is 97.0 Å². The molecule has 1 aromatic heterocycles. The second-order valence-corrected chi connectivity index (χ2v) is 32.5. The molecule has 2 aromatic rings. The fourth-order valence-electron chi connectivity index (χ4n) is 11.2. The third-order valence-electron chi connectivity index (χ3n) is 18.0. The third kappa shape index (κ3) is 33.2. The molecule has 38 heteroatoms. The van der Waals surface area contributed by atoms with Crippen molar-refractivity contribution in [3.8, 4) is 0 Å². The zero-order valence-electron chi connectivity index (χ0n) is 68.7. The topological polar surface area (TPSA) is 602 Å². The van der Waals surface area contributed by atoms with Crippen molar-refractivity contribution in [2.75, 3.05) is 6.61 Å². The molecule has 2 rings (SSSR count). The van der Waals surface area contributed by atoms with Gasteiger partial charge in [0.05, 0.1) is 12.6 Å². The molecule has 113 heavy (non-hydrogen) atoms. The van der Waals surface area contributed by atoms with Gasteiger partial charge in [-0.25, -0.2) is 0 Å². The normalized spacial score (nSPS) is 14.5. The largest absolute Gasteiger partial charge is 0.394 e. The number of fused-ring (bicyclic) bond motifs is 1. The number of carbonyl (C=O) groups excluding carboxylic acids is 18. The minimum absolute atomic E-state index is 0.00862. The van der Waals surface area contributed by atoms with E-state index in [0.717, 1.165) is 16.5 Å². The maximum Gasteiger partial charge on any atom is 0.246 e. The smallest absolute Gasteiger partial charge is 0.246 e. The van der Waals surface area contributed by atoms with E-state index in [1.54, 1.807) is 33.9 Å². The van der Waals surface area contributed by atoms with Crippen molar-refractivity contribution in [3.63, 3.8) is 0 Å². The standard InChI is InChI=1S/C75H123N19O19/c1-37(2)31-45(36-95)84-60(103)48(25-28-54(76)97)85-57(100)40(7)80-62(105)51(32-38(3)4)87-61(104)49(26-29-55(77)98)86-58(101)41(8)82-66(109)72(13,14)93-70(113)75(19,20)91-64(107)50(27-30-56(78)99)88-67(110)71(11,12)92-65(108)52(33-39(5)6)89-68(111)73(15,16)94-69(112)74(17,18)90-59(102)42(9)81-63(106)53(83-43(10)96)34-44-35-79-47-24-22-21-23-46(44)47/h21-24,35,37-42,45,48-53,79,95H,25-34,36H2,1-20H3,(H2,76,97)(H2,77,98)(H2,78,99)(H,80,105)(H,81,106)(H,82,109)(H,83,96)(H,84,103)(H,85,100)(H,86,101)(H,87,104)(H,88,110)(H,89,111)(H,90,102)(H,91,107)(H,92,108)(H,93,113)(H,94,112)/t40-,41-,42-,45+,48+,49-,50-,51+,52-,53+/m1/s1. The Morgan fingerprint density at radius 3 is 1.12 bits per heavy atom. The van der Waals surface area contributed by atoms with Crippen LogP contribution in [0.25, 0.3) is 10.9 Å². The molecule has 632 valence electrons. The van der Waals surface area contributed by atoms with Crippen LogP contribution in [0, 0.1) is 17.8 Å². The van der Waals surface area contributed by atoms with Gasteiger partial charge in [0.2, 0.25) is 106 Å². The van der Waals surface area contributed by atoms with Crippen LogP contribution in [0.15, 0.2) is 30.5 Å². The number of hydrogen-bond donors (Lipinski definition) is 20. The van der Waals surface area contributed by atoms with Crippen LogP contribution in [0.1, 0.15) is 202 Å². The van der Waals surface area contributed by atoms with Crippen LogP contribution in [0.3, 0.4) is 0 Å². The van der Waals surface area contributed by atoms with Crippen LogP contribution in [0.4, 0.5) is 0 Å². The Kier molecular flexibility index (Phi) is 37.6. The van der Waals surface area contributed by atoms with Gasteiger partial charge in [-0.2, -0.15) is 0 Å². The van der Waals surface area contributed by atoms with Gasteiger partial charge in [0, 0.05) is 49.7 Å². The Bertz CT molecular complexity index is 3790. The molecule has 0 bridgehead atoms. The molecule has 0 aliphatic carbocycles. The molecule has 0 saturated carbocycles. The van der Waals surface area contributed by atoms with Gasteiger partial charge in [-0.05, 0) is 158 Å². The molecule has 18 amide bonds. The van der Waals surface area contributed by atoms with Gasteiger partial charge >= 0.3 is 0 Å². The molecule has 0 unspecified atom stereocenters. The summed E-state index contributed by atoms with van der Waals surface area (Å²) in [5.41, 5.74) is 8.52. The Labute approximate surface area is 659 Å². The molecule has 0 fully saturated rings. The van der Waals surface area contributed by atoms with E-state index in [-0.39, 0.29) is 49.9 Å². The van der Waals surface area contributed by atoms with Crippen LogP contribution >= 0.6 is 0 Å². The highest BCUT2D eigenvalue weighted by molar-refractivity contribution is 6.03. The monoisotopic (exact) mass is 1590 g/mol. The zero-order chi connectivity index (χ0) is 86.8. The second-order valence-electron chi connectivity index (χ2n) is 32.5. The molecular weight excluding hydrogens is 1470 g/mol. The molecule has 1 heterocycles. The number of aliphatic hydroxyl groups is 1. The third-order valence-corrected chi connectivity index (χ3v) is 18.0. The predicted octanol–water partition coefficient (Wildman–Crippen LogP) is -2.96. The summed E-state index contributed by atoms with van der Waals surface area (Å²) in [6.45, 7) is 28.3. The van der Waals surface area contributed by atoms with E-state index in [4.69, 9.17) is 17.2 Å². The van der Waals surface area contributed by atoms with Gasteiger partial charge in [-0.1, -0.05) is 59.7 Å². The summed E-state index contributed by atoms with van der Waals surface area (Å²) in [6, 6.07) is -5.69. The average molecular weight is 1590 g/mol. The molecular formula is C75H123N19O19. The number of benzene rings is 1. The summed E-state index contributed by atoms with van der Waals surface area (Å²) >= 11 is 0. The Morgan fingerprint density at radius 2 is 0.690 bits per heavy atom. The number of carbonyl (C=O) groups is 18. The molecule has 0 aliphatic heterocycles. The first-order valence-corrected chi connectivity index (χ1v) is 37.6. The lowest BCUT2D eigenvalue weighted by Crippen LogP contribution is -2.67. The summed E-state index contributed by atoms with van der Waals surface area (Å²) < 4.78 is 0. The van der Waals surface area contributed by atoms with Crippen LogP contribution in [-0.4, -0.2) is 211 Å². The Hall–Kier alpha value is -10.8. The summed E-state index contributed by atoms with van der Waals surface area (Å²) in [4.78, 5) is 245. The number of rotatable bonds is 47. The Morgan fingerprint density at radius 1 is 0.363 bits per heavy atom. The molecule has 10 atom stereocenters. The first kappa shape index (κ1) is 98.3. The van der Waals surface area contributed by atoms with E-state index in [0.29, 0.717) is 6.42 Å². The van der Waals surface area contributed by atoms with Crippen LogP contribution in [0.5, 0.6) is 0 Å². The van der Waals surface area contributed by atoms with Crippen molar-refractivity contribution >= 4 is 117 Å². The lowest BCUT2D eigenvalue weighted by Gasteiger charge is -2.35. The highest BCUT2D eigenvalue weighted by Crippen LogP contribution is 2.21. The van der Waals surface area contributed by atoms with E-state index in [9.17, 15) is 91.4 Å². The number of aromatic nitrogens is 1. The zero-order valence-corrected chi connectivity index (χ0v) is 68.7. The number of para-hydroxylation sites is 1. The van der Waals surface area contributed by atoms with E-state index in [1.165, 1.54) is 96.9 Å². The molecule has 0 saturated heterocycles. The number of primary amides is 3. The van der Waals surface area contributed by atoms with E-state index >= 15 is 0 Å². The van der Waals surface area contributed by atoms with Gasteiger partial charge in [0.25, 0.3) is 0 Å². The van der Waals surface area contributed by atoms with E-state index < -0.39 is 227 Å². The van der Waals surface area contributed by atoms with Crippen molar-refractivity contribution in [1.82, 2.24) is 84.7 Å². The van der Waals surface area contributed by atoms with Gasteiger partial charge in [-0.3, -0.25) is 86.3 Å². The molecule has 23 N–H and O–H groups in total. The second kappa shape index (κ2) is 43.3. The van der Waals surface area contributed by atoms with Crippen LogP contribution in [-0.2, 0) is 92.7 Å². The summed E-state index contributed by atoms with van der Waals surface area (Å²) in [5, 5.41) is 48.8. The summed E-state index contributed by atoms with van der Waals surface area (Å²) in [6.07, 6.45) is -0.124. The minimum atomic E-state index is -1.93. The number of nitrogens with one attached hydrogen (secondary N) is 16. The Balaban J connectivity index is 2.21. The maximum atomic E-state index is 14.2. The highest BCUT2D eigenvalue weighted by atomic mass is 16.3. The van der Waals surface area contributed by atoms with Crippen molar-refractivity contribution in [2.45, 2.75) is 291 Å². The van der Waals surface area contributed by atoms with E-state index in [1.807, 2.05) is 38.1 Å². The van der Waals surface area contributed by atoms with Crippen molar-refractivity contribution < 1.29 is 91.4 Å². The molecule has 1 aromatic carbocycles. The molecule has 0 radical (unpaired) electrons. The van der Waals surface area contributed by atoms with Gasteiger partial charge in [0.15, 0.2) is 0 Å². The van der Waals surface area contributed by atoms with Crippen molar-refractivity contribution in [3.05, 3.63) is 36.0 Å². The van der Waals surface area contributed by atoms with Gasteiger partial charge in [-0.15, -0.1) is 0 Å². The predicted molar refractivity (Wildman–Crippen MR) is 416 cm³/mol.